The van der Waals surface area contributed by atoms with Crippen molar-refractivity contribution in [2.75, 3.05) is 50.9 Å². The fourth-order valence-corrected chi connectivity index (χ4v) is 10.1. The molecule has 1 saturated carbocycles. The molecule has 2 N–H and O–H groups in total. The number of carbonyl (C=O) groups excluding carboxylic acids is 2. The molecule has 13 heteroatoms. The maximum atomic E-state index is 13.9. The lowest BCUT2D eigenvalue weighted by atomic mass is 9.68. The summed E-state index contributed by atoms with van der Waals surface area (Å²) in [5.41, 5.74) is 1.59. The fraction of sp³-hybridized carbons (Fsp3) is 0.590. The number of nitrogens with one attached hydrogen (secondary N) is 2. The van der Waals surface area contributed by atoms with Crippen LogP contribution in [0.2, 0.25) is 5.02 Å². The summed E-state index contributed by atoms with van der Waals surface area (Å²) in [6, 6.07) is 11.0. The van der Waals surface area contributed by atoms with E-state index in [4.69, 9.17) is 25.8 Å². The Morgan fingerprint density at radius 1 is 1.12 bits per heavy atom. The number of likely N-dealkylation sites (N-methyl/N-ethyl adjacent to an activating group) is 1. The van der Waals surface area contributed by atoms with Crippen LogP contribution in [0.1, 0.15) is 70.4 Å². The molecule has 2 bridgehead atoms. The van der Waals surface area contributed by atoms with Gasteiger partial charge in [0.25, 0.3) is 15.9 Å². The minimum atomic E-state index is -4.22. The summed E-state index contributed by atoms with van der Waals surface area (Å²) in [5.74, 6) is 0.176. The first kappa shape index (κ1) is 37.0. The summed E-state index contributed by atoms with van der Waals surface area (Å²) in [5, 5.41) is 3.77. The van der Waals surface area contributed by atoms with Crippen LogP contribution in [0, 0.1) is 11.8 Å². The van der Waals surface area contributed by atoms with Crippen LogP contribution in [0.4, 0.5) is 10.5 Å². The van der Waals surface area contributed by atoms with Crippen LogP contribution >= 0.6 is 11.6 Å². The molecule has 1 spiro atoms. The zero-order valence-electron chi connectivity index (χ0n) is 30.4. The number of ether oxygens (including phenoxy) is 3. The molecule has 7 rings (SSSR count). The van der Waals surface area contributed by atoms with Crippen LogP contribution in [0.5, 0.6) is 5.75 Å². The molecule has 11 nitrogen and oxygen atoms in total. The summed E-state index contributed by atoms with van der Waals surface area (Å²) >= 11 is 6.46. The number of rotatable bonds is 3. The van der Waals surface area contributed by atoms with Crippen molar-refractivity contribution in [2.24, 2.45) is 11.8 Å². The molecule has 2 aliphatic carbocycles. The summed E-state index contributed by atoms with van der Waals surface area (Å²) in [6.45, 7) is 9.11. The summed E-state index contributed by atoms with van der Waals surface area (Å²) in [4.78, 5) is 31.3. The normalized spacial score (nSPS) is 29.0. The highest BCUT2D eigenvalue weighted by molar-refractivity contribution is 7.90. The smallest absolute Gasteiger partial charge is 0.407 e. The van der Waals surface area contributed by atoms with Gasteiger partial charge in [-0.1, -0.05) is 30.7 Å². The molecule has 2 fully saturated rings. The third-order valence-electron chi connectivity index (χ3n) is 12.1. The van der Waals surface area contributed by atoms with Gasteiger partial charge in [0.2, 0.25) is 0 Å². The number of hydrogen-bond acceptors (Lipinski definition) is 9. The van der Waals surface area contributed by atoms with Gasteiger partial charge in [-0.15, -0.1) is 0 Å². The zero-order valence-corrected chi connectivity index (χ0v) is 31.9. The fourth-order valence-electron chi connectivity index (χ4n) is 8.76. The molecular formula is C39H51ClN4O7S. The van der Waals surface area contributed by atoms with Gasteiger partial charge in [-0.2, -0.15) is 0 Å². The van der Waals surface area contributed by atoms with Crippen molar-refractivity contribution >= 4 is 39.3 Å². The highest BCUT2D eigenvalue weighted by Gasteiger charge is 2.45. The molecular weight excluding hydrogens is 704 g/mol. The van der Waals surface area contributed by atoms with E-state index in [0.29, 0.717) is 62.5 Å². The quantitative estimate of drug-likeness (QED) is 0.386. The van der Waals surface area contributed by atoms with Gasteiger partial charge in [0.15, 0.2) is 0 Å². The van der Waals surface area contributed by atoms with Gasteiger partial charge in [-0.05, 0) is 119 Å². The highest BCUT2D eigenvalue weighted by Crippen LogP contribution is 2.47. The Bertz CT molecular complexity index is 1810. The van der Waals surface area contributed by atoms with Crippen LogP contribution < -0.4 is 19.7 Å². The van der Waals surface area contributed by atoms with Crippen molar-refractivity contribution in [3.8, 4) is 5.75 Å². The Kier molecular flexibility index (Phi) is 10.6. The van der Waals surface area contributed by atoms with Crippen molar-refractivity contribution in [1.82, 2.24) is 14.9 Å². The Hall–Kier alpha value is -3.32. The summed E-state index contributed by atoms with van der Waals surface area (Å²) < 4.78 is 48.4. The minimum absolute atomic E-state index is 0.00182. The largest absolute Gasteiger partial charge is 0.490 e. The molecule has 0 unspecified atom stereocenters. The molecule has 2 aromatic carbocycles. The number of hydrogen-bond donors (Lipinski definition) is 2. The molecule has 0 radical (unpaired) electrons. The lowest BCUT2D eigenvalue weighted by Gasteiger charge is -2.46. The number of halogens is 1. The van der Waals surface area contributed by atoms with Crippen LogP contribution in [0.25, 0.3) is 0 Å². The number of benzene rings is 2. The monoisotopic (exact) mass is 754 g/mol. The zero-order chi connectivity index (χ0) is 36.7. The number of carbonyl (C=O) groups is 2. The van der Waals surface area contributed by atoms with Gasteiger partial charge < -0.3 is 24.4 Å². The number of sulfonamides is 1. The van der Waals surface area contributed by atoms with Crippen LogP contribution in [0.3, 0.4) is 0 Å². The lowest BCUT2D eigenvalue weighted by molar-refractivity contribution is -0.129. The number of aryl methyl sites for hydroxylation is 1. The van der Waals surface area contributed by atoms with E-state index in [0.717, 1.165) is 44.9 Å². The minimum Gasteiger partial charge on any atom is -0.490 e. The number of nitrogens with zero attached hydrogens (tertiary/aromatic N) is 2. The second-order valence-corrected chi connectivity index (χ2v) is 17.7. The van der Waals surface area contributed by atoms with Gasteiger partial charge in [-0.3, -0.25) is 9.69 Å². The maximum Gasteiger partial charge on any atom is 0.407 e. The van der Waals surface area contributed by atoms with E-state index in [1.807, 2.05) is 30.0 Å². The second kappa shape index (κ2) is 14.8. The molecule has 52 heavy (non-hydrogen) atoms. The molecule has 5 aliphatic rings. The standard InChI is InChI=1S/C39H51ClN4O7S/c1-4-44-18-6-8-34(51-37(46)41-29-15-19-49-20-16-29)31-12-9-27(31)23-43-24-39(17-5-7-26-21-28(40)10-13-32(26)39)25-50-35-14-11-30(22-33(35)43)52(47,48)42-36(45)38(44,2)3/h6,8,10-11,13-14,21-22,27,29,31,34H,4-5,7,9,12,15-20,23-25H2,1-3H3,(H,41,46)(H,42,45)/t27-,31+,34-,39-/m0/s1. The van der Waals surface area contributed by atoms with Crippen LogP contribution in [-0.4, -0.2) is 89.0 Å². The van der Waals surface area contributed by atoms with Gasteiger partial charge in [0.1, 0.15) is 11.9 Å². The van der Waals surface area contributed by atoms with Crippen molar-refractivity contribution in [1.29, 1.82) is 0 Å². The van der Waals surface area contributed by atoms with Gasteiger partial charge in [-0.25, -0.2) is 17.9 Å². The van der Waals surface area contributed by atoms with E-state index in [1.54, 1.807) is 26.0 Å². The summed E-state index contributed by atoms with van der Waals surface area (Å²) in [6.07, 6.45) is 9.12. The van der Waals surface area contributed by atoms with E-state index >= 15 is 0 Å². The SMILES string of the molecule is CCN1CC=C[C@H](OC(=O)NC2CCOCC2)[C@@H]2CC[C@H]2CN2C[C@@]3(CCCc4cc(Cl)ccc43)COc3ccc(cc32)S(=O)(=O)NC(=O)C1(C)C. The Morgan fingerprint density at radius 3 is 2.67 bits per heavy atom. The Labute approximate surface area is 312 Å². The van der Waals surface area contributed by atoms with Crippen molar-refractivity contribution in [3.05, 3.63) is 64.7 Å². The van der Waals surface area contributed by atoms with E-state index < -0.39 is 33.7 Å². The maximum absolute atomic E-state index is 13.9. The number of fused-ring (bicyclic) bond motifs is 4. The van der Waals surface area contributed by atoms with Crippen LogP contribution in [0.15, 0.2) is 53.4 Å². The van der Waals surface area contributed by atoms with E-state index in [2.05, 4.69) is 27.1 Å². The van der Waals surface area contributed by atoms with Crippen molar-refractivity contribution in [2.45, 2.75) is 93.7 Å². The molecule has 0 aromatic heterocycles. The van der Waals surface area contributed by atoms with Gasteiger partial charge >= 0.3 is 6.09 Å². The average Bonchev–Trinajstić information content (AvgIpc) is 3.25. The Balaban J connectivity index is 1.27. The van der Waals surface area contributed by atoms with Crippen LogP contribution in [-0.2, 0) is 36.1 Å². The van der Waals surface area contributed by atoms with E-state index in [1.165, 1.54) is 17.2 Å². The van der Waals surface area contributed by atoms with E-state index in [-0.39, 0.29) is 28.2 Å². The lowest BCUT2D eigenvalue weighted by Crippen LogP contribution is -2.56. The van der Waals surface area contributed by atoms with Gasteiger partial charge in [0.05, 0.1) is 22.7 Å². The predicted octanol–water partition coefficient (Wildman–Crippen LogP) is 5.59. The average molecular weight is 755 g/mol. The molecule has 2 amide bonds. The molecule has 282 valence electrons. The Morgan fingerprint density at radius 2 is 1.92 bits per heavy atom. The number of amides is 2. The molecule has 2 aromatic rings. The molecule has 3 aliphatic heterocycles. The number of anilines is 1. The van der Waals surface area contributed by atoms with Crippen molar-refractivity contribution < 1.29 is 32.2 Å². The molecule has 4 atom stereocenters. The second-order valence-electron chi connectivity index (χ2n) is 15.6. The molecule has 1 saturated heterocycles. The van der Waals surface area contributed by atoms with E-state index in [9.17, 15) is 18.0 Å². The predicted molar refractivity (Wildman–Crippen MR) is 199 cm³/mol. The first-order valence-corrected chi connectivity index (χ1v) is 20.6. The third kappa shape index (κ3) is 7.41. The first-order valence-electron chi connectivity index (χ1n) is 18.7. The third-order valence-corrected chi connectivity index (χ3v) is 13.6. The topological polar surface area (TPSA) is 127 Å². The highest BCUT2D eigenvalue weighted by atomic mass is 35.5. The summed E-state index contributed by atoms with van der Waals surface area (Å²) in [7, 11) is -4.22. The number of alkyl carbamates (subject to hydrolysis) is 1. The first-order chi connectivity index (χ1) is 24.9. The van der Waals surface area contributed by atoms with Gasteiger partial charge in [0, 0.05) is 55.2 Å². The van der Waals surface area contributed by atoms with Crippen molar-refractivity contribution in [3.63, 3.8) is 0 Å². The molecule has 3 heterocycles.